The van der Waals surface area contributed by atoms with Gasteiger partial charge >= 0.3 is 12.0 Å². The molecule has 1 fully saturated rings. The van der Waals surface area contributed by atoms with Gasteiger partial charge in [-0.05, 0) is 25.5 Å². The Balaban J connectivity index is 2.19. The number of nitrogens with one attached hydrogen (secondary N) is 2. The number of carboxylic acids is 1. The van der Waals surface area contributed by atoms with Crippen molar-refractivity contribution in [2.24, 2.45) is 5.92 Å². The minimum absolute atomic E-state index is 0.135. The summed E-state index contributed by atoms with van der Waals surface area (Å²) in [6.45, 7) is 4.50. The van der Waals surface area contributed by atoms with E-state index < -0.39 is 11.9 Å². The van der Waals surface area contributed by atoms with Crippen molar-refractivity contribution in [3.63, 3.8) is 0 Å². The Bertz CT molecular complexity index is 290. The maximum Gasteiger partial charge on any atom is 0.314 e. The third-order valence-electron chi connectivity index (χ3n) is 2.91. The van der Waals surface area contributed by atoms with Crippen LogP contribution in [0.15, 0.2) is 0 Å². The molecule has 0 bridgehead atoms. The Morgan fingerprint density at radius 3 is 2.71 bits per heavy atom. The van der Waals surface area contributed by atoms with E-state index >= 15 is 0 Å². The lowest BCUT2D eigenvalue weighted by Gasteiger charge is -2.23. The zero-order valence-corrected chi connectivity index (χ0v) is 11.1. The van der Waals surface area contributed by atoms with Crippen LogP contribution in [-0.2, 0) is 4.79 Å². The van der Waals surface area contributed by atoms with E-state index in [9.17, 15) is 9.59 Å². The lowest BCUT2D eigenvalue weighted by atomic mass is 10.1. The fourth-order valence-electron chi connectivity index (χ4n) is 1.64. The highest BCUT2D eigenvalue weighted by Crippen LogP contribution is 2.36. The normalized spacial score (nSPS) is 25.3. The Labute approximate surface area is 106 Å². The molecule has 1 heterocycles. The number of urea groups is 1. The molecule has 5 nitrogen and oxygen atoms in total. The highest BCUT2D eigenvalue weighted by Gasteiger charge is 2.29. The van der Waals surface area contributed by atoms with Gasteiger partial charge in [0.05, 0.1) is 5.92 Å². The zero-order chi connectivity index (χ0) is 12.9. The third kappa shape index (κ3) is 4.85. The Morgan fingerprint density at radius 1 is 1.47 bits per heavy atom. The molecule has 0 spiro atoms. The summed E-state index contributed by atoms with van der Waals surface area (Å²) in [5, 5.41) is 14.0. The lowest BCUT2D eigenvalue weighted by Crippen LogP contribution is -2.44. The molecular formula is C11H20N2O3S. The second-order valence-corrected chi connectivity index (χ2v) is 6.39. The van der Waals surface area contributed by atoms with Crippen LogP contribution in [0.25, 0.3) is 0 Å². The van der Waals surface area contributed by atoms with Crippen LogP contribution in [0.1, 0.15) is 26.7 Å². The number of hydrogen-bond acceptors (Lipinski definition) is 3. The van der Waals surface area contributed by atoms with Crippen molar-refractivity contribution in [3.05, 3.63) is 0 Å². The molecule has 3 N–H and O–H groups in total. The van der Waals surface area contributed by atoms with E-state index in [2.05, 4.69) is 17.6 Å². The van der Waals surface area contributed by atoms with Crippen molar-refractivity contribution in [3.8, 4) is 0 Å². The summed E-state index contributed by atoms with van der Waals surface area (Å²) in [5.41, 5.74) is 0. The zero-order valence-electron chi connectivity index (χ0n) is 10.3. The summed E-state index contributed by atoms with van der Waals surface area (Å²) in [6, 6.07) is -0.285. The maximum atomic E-state index is 11.4. The average Bonchev–Trinajstić information content (AvgIpc) is 2.70. The van der Waals surface area contributed by atoms with E-state index in [0.29, 0.717) is 6.54 Å². The molecule has 1 aliphatic heterocycles. The summed E-state index contributed by atoms with van der Waals surface area (Å²) in [7, 11) is 0. The average molecular weight is 260 g/mol. The number of hydrogen-bond donors (Lipinski definition) is 3. The van der Waals surface area contributed by atoms with Gasteiger partial charge in [0.2, 0.25) is 0 Å². The number of thioether (sulfide) groups is 1. The first-order chi connectivity index (χ1) is 7.93. The van der Waals surface area contributed by atoms with Crippen LogP contribution in [-0.4, -0.2) is 40.7 Å². The molecule has 1 rings (SSSR count). The third-order valence-corrected chi connectivity index (χ3v) is 4.45. The molecule has 0 aromatic heterocycles. The summed E-state index contributed by atoms with van der Waals surface area (Å²) in [5.74, 6) is -0.309. The number of amides is 2. The standard InChI is InChI=1S/C11H20N2O3S/c1-8(9(14)15)6-12-10(16)13-7-11(2)4-3-5-17-11/h8H,3-7H2,1-2H3,(H,14,15)(H2,12,13,16). The van der Waals surface area contributed by atoms with Gasteiger partial charge in [0.1, 0.15) is 0 Å². The van der Waals surface area contributed by atoms with E-state index in [4.69, 9.17) is 5.11 Å². The molecule has 6 heteroatoms. The highest BCUT2D eigenvalue weighted by atomic mass is 32.2. The van der Waals surface area contributed by atoms with Crippen molar-refractivity contribution >= 4 is 23.8 Å². The minimum Gasteiger partial charge on any atom is -0.481 e. The molecule has 2 unspecified atom stereocenters. The van der Waals surface area contributed by atoms with Gasteiger partial charge in [-0.2, -0.15) is 11.8 Å². The number of carboxylic acid groups (broad SMARTS) is 1. The van der Waals surface area contributed by atoms with Gasteiger partial charge in [0.15, 0.2) is 0 Å². The SMILES string of the molecule is CC(CNC(=O)NCC1(C)CCCS1)C(=O)O. The van der Waals surface area contributed by atoms with Crippen LogP contribution in [0.3, 0.4) is 0 Å². The molecule has 0 aromatic carbocycles. The van der Waals surface area contributed by atoms with E-state index in [1.807, 2.05) is 11.8 Å². The van der Waals surface area contributed by atoms with Crippen molar-refractivity contribution in [1.29, 1.82) is 0 Å². The Kier molecular flexibility index (Phi) is 5.11. The molecule has 1 aliphatic rings. The van der Waals surface area contributed by atoms with Crippen LogP contribution < -0.4 is 10.6 Å². The highest BCUT2D eigenvalue weighted by molar-refractivity contribution is 8.00. The summed E-state index contributed by atoms with van der Waals surface area (Å²) >= 11 is 1.88. The maximum absolute atomic E-state index is 11.4. The topological polar surface area (TPSA) is 78.4 Å². The van der Waals surface area contributed by atoms with Crippen LogP contribution in [0.4, 0.5) is 4.79 Å². The van der Waals surface area contributed by atoms with Gasteiger partial charge in [0.25, 0.3) is 0 Å². The number of aliphatic carboxylic acids is 1. The number of carbonyl (C=O) groups is 2. The van der Waals surface area contributed by atoms with Gasteiger partial charge in [-0.3, -0.25) is 4.79 Å². The van der Waals surface area contributed by atoms with Crippen molar-refractivity contribution in [2.45, 2.75) is 31.4 Å². The first kappa shape index (κ1) is 14.2. The van der Waals surface area contributed by atoms with E-state index in [1.54, 1.807) is 6.92 Å². The second kappa shape index (κ2) is 6.14. The summed E-state index contributed by atoms with van der Waals surface area (Å²) in [4.78, 5) is 22.0. The quantitative estimate of drug-likeness (QED) is 0.696. The fourth-order valence-corrected chi connectivity index (χ4v) is 2.88. The molecule has 17 heavy (non-hydrogen) atoms. The molecule has 2 amide bonds. The molecule has 0 radical (unpaired) electrons. The van der Waals surface area contributed by atoms with Crippen molar-refractivity contribution in [1.82, 2.24) is 10.6 Å². The monoisotopic (exact) mass is 260 g/mol. The van der Waals surface area contributed by atoms with Crippen molar-refractivity contribution < 1.29 is 14.7 Å². The van der Waals surface area contributed by atoms with Crippen molar-refractivity contribution in [2.75, 3.05) is 18.8 Å². The molecule has 2 atom stereocenters. The number of carbonyl (C=O) groups excluding carboxylic acids is 1. The largest absolute Gasteiger partial charge is 0.481 e. The van der Waals surface area contributed by atoms with Gasteiger partial charge in [-0.1, -0.05) is 6.92 Å². The van der Waals surface area contributed by atoms with Crippen LogP contribution in [0.5, 0.6) is 0 Å². The summed E-state index contributed by atoms with van der Waals surface area (Å²) < 4.78 is 0.135. The number of rotatable bonds is 5. The second-order valence-electron chi connectivity index (χ2n) is 4.70. The van der Waals surface area contributed by atoms with Gasteiger partial charge in [0, 0.05) is 17.8 Å². The molecule has 1 saturated heterocycles. The van der Waals surface area contributed by atoms with Crippen LogP contribution in [0, 0.1) is 5.92 Å². The Hall–Kier alpha value is -0.910. The lowest BCUT2D eigenvalue weighted by molar-refractivity contribution is -0.140. The molecule has 0 aliphatic carbocycles. The molecule has 0 aromatic rings. The summed E-state index contributed by atoms with van der Waals surface area (Å²) in [6.07, 6.45) is 2.31. The smallest absolute Gasteiger partial charge is 0.314 e. The first-order valence-corrected chi connectivity index (χ1v) is 6.80. The molecular weight excluding hydrogens is 240 g/mol. The first-order valence-electron chi connectivity index (χ1n) is 5.81. The Morgan fingerprint density at radius 2 is 2.18 bits per heavy atom. The van der Waals surface area contributed by atoms with Crippen LogP contribution >= 0.6 is 11.8 Å². The van der Waals surface area contributed by atoms with Gasteiger partial charge in [-0.25, -0.2) is 4.79 Å². The predicted molar refractivity (Wildman–Crippen MR) is 68.3 cm³/mol. The van der Waals surface area contributed by atoms with Gasteiger partial charge < -0.3 is 15.7 Å². The van der Waals surface area contributed by atoms with Crippen LogP contribution in [0.2, 0.25) is 0 Å². The predicted octanol–water partition coefficient (Wildman–Crippen LogP) is 1.29. The van der Waals surface area contributed by atoms with Gasteiger partial charge in [-0.15, -0.1) is 0 Å². The van der Waals surface area contributed by atoms with E-state index in [0.717, 1.165) is 12.2 Å². The minimum atomic E-state index is -0.899. The van der Waals surface area contributed by atoms with E-state index in [1.165, 1.54) is 6.42 Å². The fraction of sp³-hybridized carbons (Fsp3) is 0.818. The molecule has 98 valence electrons. The van der Waals surface area contributed by atoms with E-state index in [-0.39, 0.29) is 17.3 Å². The molecule has 0 saturated carbocycles.